The second-order valence-corrected chi connectivity index (χ2v) is 6.07. The minimum absolute atomic E-state index is 0.115. The van der Waals surface area contributed by atoms with Crippen molar-refractivity contribution >= 4 is 11.7 Å². The molecule has 0 atom stereocenters. The van der Waals surface area contributed by atoms with E-state index in [-0.39, 0.29) is 16.4 Å². The van der Waals surface area contributed by atoms with Gasteiger partial charge in [0.1, 0.15) is 0 Å². The van der Waals surface area contributed by atoms with Gasteiger partial charge in [0.15, 0.2) is 0 Å². The zero-order valence-corrected chi connectivity index (χ0v) is 11.2. The number of aromatic carboxylic acids is 1. The number of rotatable bonds is 1. The molecule has 1 aliphatic rings. The van der Waals surface area contributed by atoms with Crippen molar-refractivity contribution in [3.63, 3.8) is 0 Å². The molecule has 0 heterocycles. The minimum Gasteiger partial charge on any atom is -0.478 e. The van der Waals surface area contributed by atoms with E-state index < -0.39 is 5.97 Å². The number of fused-ring (bicyclic) bond motifs is 1. The first-order valence-electron chi connectivity index (χ1n) is 6.03. The zero-order chi connectivity index (χ0) is 13.7. The summed E-state index contributed by atoms with van der Waals surface area (Å²) in [5.74, 6) is -0.974. The highest BCUT2D eigenvalue weighted by Crippen LogP contribution is 2.42. The highest BCUT2D eigenvalue weighted by molar-refractivity contribution is 5.94. The van der Waals surface area contributed by atoms with E-state index in [0.29, 0.717) is 5.69 Å². The van der Waals surface area contributed by atoms with Crippen molar-refractivity contribution in [1.82, 2.24) is 0 Å². The second-order valence-electron chi connectivity index (χ2n) is 6.07. The lowest BCUT2D eigenvalue weighted by Crippen LogP contribution is -2.29. The maximum absolute atomic E-state index is 11.2. The van der Waals surface area contributed by atoms with Crippen molar-refractivity contribution in [2.75, 3.05) is 5.73 Å². The molecule has 3 N–H and O–H groups in total. The molecule has 0 aromatic heterocycles. The van der Waals surface area contributed by atoms with Crippen molar-refractivity contribution in [3.05, 3.63) is 41.0 Å². The Balaban J connectivity index is 2.77. The van der Waals surface area contributed by atoms with Gasteiger partial charge in [-0.1, -0.05) is 39.8 Å². The number of hydrogen-bond donors (Lipinski definition) is 2. The maximum atomic E-state index is 11.2. The average Bonchev–Trinajstić information content (AvgIpc) is 2.24. The maximum Gasteiger partial charge on any atom is 0.337 e. The predicted molar refractivity (Wildman–Crippen MR) is 73.0 cm³/mol. The van der Waals surface area contributed by atoms with E-state index in [4.69, 9.17) is 10.8 Å². The number of hydrogen-bond acceptors (Lipinski definition) is 2. The Labute approximate surface area is 107 Å². The molecule has 0 saturated carbocycles. The molecule has 0 bridgehead atoms. The van der Waals surface area contributed by atoms with E-state index >= 15 is 0 Å². The highest BCUT2D eigenvalue weighted by atomic mass is 16.4. The molecule has 1 aromatic carbocycles. The van der Waals surface area contributed by atoms with E-state index in [1.165, 1.54) is 0 Å². The largest absolute Gasteiger partial charge is 0.478 e. The predicted octanol–water partition coefficient (Wildman–Crippen LogP) is 3.09. The van der Waals surface area contributed by atoms with Crippen LogP contribution in [0.5, 0.6) is 0 Å². The number of allylic oxidation sites excluding steroid dienone is 2. The monoisotopic (exact) mass is 245 g/mol. The summed E-state index contributed by atoms with van der Waals surface area (Å²) in [5.41, 5.74) is 8.24. The van der Waals surface area contributed by atoms with Crippen LogP contribution in [0, 0.1) is 0 Å². The number of carboxylic acid groups (broad SMARTS) is 1. The number of nitrogens with two attached hydrogens (primary N) is 1. The van der Waals surface area contributed by atoms with Crippen molar-refractivity contribution in [3.8, 4) is 0 Å². The van der Waals surface area contributed by atoms with Gasteiger partial charge in [-0.15, -0.1) is 0 Å². The van der Waals surface area contributed by atoms with E-state index in [1.54, 1.807) is 6.07 Å². The van der Waals surface area contributed by atoms with E-state index in [2.05, 4.69) is 39.8 Å². The molecule has 3 nitrogen and oxygen atoms in total. The number of benzene rings is 1. The fraction of sp³-hybridized carbons (Fsp3) is 0.400. The molecule has 0 saturated heterocycles. The van der Waals surface area contributed by atoms with Crippen molar-refractivity contribution < 1.29 is 9.90 Å². The van der Waals surface area contributed by atoms with Crippen molar-refractivity contribution in [1.29, 1.82) is 0 Å². The molecule has 0 spiro atoms. The van der Waals surface area contributed by atoms with Crippen LogP contribution in [-0.2, 0) is 10.8 Å². The third kappa shape index (κ3) is 1.80. The van der Waals surface area contributed by atoms with Crippen molar-refractivity contribution in [2.45, 2.75) is 38.5 Å². The van der Waals surface area contributed by atoms with Crippen LogP contribution in [0.25, 0.3) is 0 Å². The SMILES string of the molecule is CC1(C)C=CC(C)(C)c2cc(C(=O)O)c(N)cc21. The number of nitrogen functional groups attached to an aromatic ring is 1. The van der Waals surface area contributed by atoms with Crippen LogP contribution >= 0.6 is 0 Å². The zero-order valence-electron chi connectivity index (χ0n) is 11.2. The smallest absolute Gasteiger partial charge is 0.337 e. The van der Waals surface area contributed by atoms with Crippen LogP contribution in [0.1, 0.15) is 49.2 Å². The summed E-state index contributed by atoms with van der Waals surface area (Å²) in [4.78, 5) is 11.2. The van der Waals surface area contributed by atoms with Crippen LogP contribution < -0.4 is 5.73 Å². The molecule has 0 unspecified atom stereocenters. The summed E-state index contributed by atoms with van der Waals surface area (Å²) in [6, 6.07) is 3.53. The van der Waals surface area contributed by atoms with E-state index in [1.807, 2.05) is 6.07 Å². The minimum atomic E-state index is -0.974. The molecule has 0 amide bonds. The Bertz CT molecular complexity index is 554. The Kier molecular flexibility index (Phi) is 2.54. The molecular weight excluding hydrogens is 226 g/mol. The summed E-state index contributed by atoms with van der Waals surface area (Å²) in [7, 11) is 0. The third-order valence-electron chi connectivity index (χ3n) is 3.73. The summed E-state index contributed by atoms with van der Waals surface area (Å²) >= 11 is 0. The first-order valence-corrected chi connectivity index (χ1v) is 6.03. The second kappa shape index (κ2) is 3.61. The lowest BCUT2D eigenvalue weighted by atomic mass is 9.67. The van der Waals surface area contributed by atoms with Crippen LogP contribution in [0.3, 0.4) is 0 Å². The fourth-order valence-electron chi connectivity index (χ4n) is 2.46. The number of carbonyl (C=O) groups is 1. The molecule has 0 aliphatic heterocycles. The molecule has 96 valence electrons. The van der Waals surface area contributed by atoms with E-state index in [0.717, 1.165) is 11.1 Å². The Morgan fingerprint density at radius 2 is 1.50 bits per heavy atom. The van der Waals surface area contributed by atoms with Gasteiger partial charge >= 0.3 is 5.97 Å². The lowest BCUT2D eigenvalue weighted by Gasteiger charge is -2.37. The van der Waals surface area contributed by atoms with Crippen LogP contribution in [0.2, 0.25) is 0 Å². The summed E-state index contributed by atoms with van der Waals surface area (Å²) in [6.07, 6.45) is 4.30. The Morgan fingerprint density at radius 1 is 1.06 bits per heavy atom. The number of carboxylic acids is 1. The quantitative estimate of drug-likeness (QED) is 0.590. The van der Waals surface area contributed by atoms with Gasteiger partial charge in [-0.05, 0) is 23.3 Å². The van der Waals surface area contributed by atoms with Gasteiger partial charge < -0.3 is 10.8 Å². The van der Waals surface area contributed by atoms with Gasteiger partial charge in [-0.2, -0.15) is 0 Å². The summed E-state index contributed by atoms with van der Waals surface area (Å²) < 4.78 is 0. The van der Waals surface area contributed by atoms with Gasteiger partial charge in [0, 0.05) is 16.5 Å². The van der Waals surface area contributed by atoms with Gasteiger partial charge in [-0.3, -0.25) is 0 Å². The topological polar surface area (TPSA) is 63.3 Å². The molecule has 1 aromatic rings. The standard InChI is InChI=1S/C15H19NO2/c1-14(2)5-6-15(3,4)11-8-12(16)9(13(17)18)7-10(11)14/h5-8H,16H2,1-4H3,(H,17,18). The Hall–Kier alpha value is -1.77. The molecule has 18 heavy (non-hydrogen) atoms. The molecule has 1 aliphatic carbocycles. The van der Waals surface area contributed by atoms with E-state index in [9.17, 15) is 4.79 Å². The Morgan fingerprint density at radius 3 is 1.94 bits per heavy atom. The summed E-state index contributed by atoms with van der Waals surface area (Å²) in [6.45, 7) is 8.38. The van der Waals surface area contributed by atoms with Crippen LogP contribution in [-0.4, -0.2) is 11.1 Å². The molecule has 0 fully saturated rings. The average molecular weight is 245 g/mol. The fourth-order valence-corrected chi connectivity index (χ4v) is 2.46. The van der Waals surface area contributed by atoms with Gasteiger partial charge in [-0.25, -0.2) is 4.79 Å². The molecule has 0 radical (unpaired) electrons. The van der Waals surface area contributed by atoms with Gasteiger partial charge in [0.2, 0.25) is 0 Å². The van der Waals surface area contributed by atoms with Gasteiger partial charge in [0.05, 0.1) is 5.56 Å². The lowest BCUT2D eigenvalue weighted by molar-refractivity contribution is 0.0698. The normalized spacial score (nSPS) is 19.3. The molecule has 3 heteroatoms. The molecule has 2 rings (SSSR count). The first kappa shape index (κ1) is 12.7. The molecular formula is C15H19NO2. The third-order valence-corrected chi connectivity index (χ3v) is 3.73. The van der Waals surface area contributed by atoms with Crippen molar-refractivity contribution in [2.24, 2.45) is 0 Å². The highest BCUT2D eigenvalue weighted by Gasteiger charge is 2.34. The van der Waals surface area contributed by atoms with Gasteiger partial charge in [0.25, 0.3) is 0 Å². The summed E-state index contributed by atoms with van der Waals surface area (Å²) in [5, 5.41) is 9.17. The first-order chi connectivity index (χ1) is 8.15. The number of anilines is 1. The van der Waals surface area contributed by atoms with Crippen LogP contribution in [0.4, 0.5) is 5.69 Å². The van der Waals surface area contributed by atoms with Crippen LogP contribution in [0.15, 0.2) is 24.3 Å².